The molecule has 2 atom stereocenters. The van der Waals surface area contributed by atoms with Crippen LogP contribution >= 0.6 is 19.0 Å². The van der Waals surface area contributed by atoms with Gasteiger partial charge in [0.2, 0.25) is 0 Å². The summed E-state index contributed by atoms with van der Waals surface area (Å²) in [6, 6.07) is 4.24. The third-order valence-electron chi connectivity index (χ3n) is 3.30. The molecule has 7 heteroatoms. The summed E-state index contributed by atoms with van der Waals surface area (Å²) in [6.07, 6.45) is 2.14. The van der Waals surface area contributed by atoms with Crippen molar-refractivity contribution in [3.63, 3.8) is 0 Å². The molecule has 0 aromatic heterocycles. The second-order valence-electron chi connectivity index (χ2n) is 4.67. The normalized spacial score (nSPS) is 15.6. The first-order chi connectivity index (χ1) is 9.33. The van der Waals surface area contributed by atoms with Crippen LogP contribution in [-0.4, -0.2) is 11.1 Å². The maximum absolute atomic E-state index is 12.2. The van der Waals surface area contributed by atoms with Crippen LogP contribution in [0.4, 0.5) is 5.69 Å². The SMILES string of the molecule is CCCCC(c1ccc(Cl)c([N+](=O)[O-])c1)P(=O)([O-])CC. The van der Waals surface area contributed by atoms with Gasteiger partial charge in [-0.1, -0.05) is 44.4 Å². The van der Waals surface area contributed by atoms with Gasteiger partial charge in [0.1, 0.15) is 5.02 Å². The largest absolute Gasteiger partial charge is 0.799 e. The molecular weight excluding hydrogens is 301 g/mol. The average Bonchev–Trinajstić information content (AvgIpc) is 2.40. The fourth-order valence-corrected chi connectivity index (χ4v) is 3.90. The van der Waals surface area contributed by atoms with Crippen LogP contribution in [0.1, 0.15) is 44.3 Å². The van der Waals surface area contributed by atoms with Gasteiger partial charge in [0.15, 0.2) is 0 Å². The Labute approximate surface area is 123 Å². The van der Waals surface area contributed by atoms with Crippen molar-refractivity contribution in [2.45, 2.75) is 38.8 Å². The predicted octanol–water partition coefficient (Wildman–Crippen LogP) is 4.14. The molecule has 0 radical (unpaired) electrons. The van der Waals surface area contributed by atoms with Crippen molar-refractivity contribution < 1.29 is 14.4 Å². The molecule has 0 N–H and O–H groups in total. The van der Waals surface area contributed by atoms with Crippen molar-refractivity contribution in [2.75, 3.05) is 6.16 Å². The lowest BCUT2D eigenvalue weighted by Gasteiger charge is -2.32. The molecule has 0 spiro atoms. The highest BCUT2D eigenvalue weighted by Gasteiger charge is 2.25. The fraction of sp³-hybridized carbons (Fsp3) is 0.538. The summed E-state index contributed by atoms with van der Waals surface area (Å²) in [4.78, 5) is 22.5. The van der Waals surface area contributed by atoms with Gasteiger partial charge in [-0.15, -0.1) is 0 Å². The van der Waals surface area contributed by atoms with Gasteiger partial charge in [-0.05, 0) is 24.2 Å². The Hall–Kier alpha value is -0.900. The van der Waals surface area contributed by atoms with Crippen LogP contribution in [0.15, 0.2) is 18.2 Å². The Morgan fingerprint density at radius 3 is 2.55 bits per heavy atom. The number of unbranched alkanes of at least 4 members (excludes halogenated alkanes) is 1. The van der Waals surface area contributed by atoms with Gasteiger partial charge < -0.3 is 9.46 Å². The number of halogens is 1. The summed E-state index contributed by atoms with van der Waals surface area (Å²) < 4.78 is 12.2. The third-order valence-corrected chi connectivity index (χ3v) is 6.01. The molecule has 1 aromatic rings. The van der Waals surface area contributed by atoms with Crippen LogP contribution in [0, 0.1) is 10.1 Å². The van der Waals surface area contributed by atoms with Gasteiger partial charge in [0.25, 0.3) is 5.69 Å². The molecule has 0 amide bonds. The highest BCUT2D eigenvalue weighted by atomic mass is 35.5. The number of nitro benzene ring substituents is 1. The van der Waals surface area contributed by atoms with Gasteiger partial charge >= 0.3 is 0 Å². The molecule has 1 aromatic carbocycles. The van der Waals surface area contributed by atoms with Crippen LogP contribution < -0.4 is 4.89 Å². The zero-order valence-electron chi connectivity index (χ0n) is 11.5. The summed E-state index contributed by atoms with van der Waals surface area (Å²) in [5.74, 6) is 0. The monoisotopic (exact) mass is 318 g/mol. The minimum Gasteiger partial charge on any atom is -0.799 e. The van der Waals surface area contributed by atoms with Gasteiger partial charge in [0.05, 0.1) is 4.92 Å². The maximum atomic E-state index is 12.2. The quantitative estimate of drug-likeness (QED) is 0.429. The molecule has 0 aliphatic carbocycles. The van der Waals surface area contributed by atoms with Crippen LogP contribution in [0.25, 0.3) is 0 Å². The topological polar surface area (TPSA) is 83.3 Å². The summed E-state index contributed by atoms with van der Waals surface area (Å²) in [5, 5.41) is 10.9. The summed E-state index contributed by atoms with van der Waals surface area (Å²) in [5.41, 5.74) is -0.472. The molecule has 0 aliphatic heterocycles. The van der Waals surface area contributed by atoms with Crippen molar-refractivity contribution in [3.8, 4) is 0 Å². The highest BCUT2D eigenvalue weighted by Crippen LogP contribution is 2.54. The minimum atomic E-state index is -3.62. The standard InChI is InChI=1S/C13H19ClNO4P/c1-3-5-6-13(20(18,19)4-2)10-7-8-11(14)12(9-10)15(16)17/h7-9,13H,3-6H2,1-2H3,(H,18,19)/p-1. The molecular formula is C13H18ClNO4P-. The van der Waals surface area contributed by atoms with E-state index in [1.54, 1.807) is 13.0 Å². The summed E-state index contributed by atoms with van der Waals surface area (Å²) in [7, 11) is -3.62. The first kappa shape index (κ1) is 17.2. The Morgan fingerprint density at radius 2 is 2.05 bits per heavy atom. The van der Waals surface area contributed by atoms with Crippen molar-refractivity contribution in [3.05, 3.63) is 38.9 Å². The van der Waals surface area contributed by atoms with E-state index >= 15 is 0 Å². The smallest absolute Gasteiger partial charge is 0.288 e. The first-order valence-electron chi connectivity index (χ1n) is 6.57. The lowest BCUT2D eigenvalue weighted by Crippen LogP contribution is -2.13. The van der Waals surface area contributed by atoms with Crippen molar-refractivity contribution in [2.24, 2.45) is 0 Å². The molecule has 0 heterocycles. The number of hydrogen-bond acceptors (Lipinski definition) is 4. The van der Waals surface area contributed by atoms with Crippen molar-refractivity contribution in [1.82, 2.24) is 0 Å². The minimum absolute atomic E-state index is 0.0187. The Balaban J connectivity index is 3.24. The van der Waals surface area contributed by atoms with Crippen LogP contribution in [0.5, 0.6) is 0 Å². The number of hydrogen-bond donors (Lipinski definition) is 0. The molecule has 0 fully saturated rings. The lowest BCUT2D eigenvalue weighted by molar-refractivity contribution is -0.384. The van der Waals surface area contributed by atoms with Crippen LogP contribution in [0.2, 0.25) is 5.02 Å². The van der Waals surface area contributed by atoms with E-state index in [9.17, 15) is 19.6 Å². The molecule has 2 unspecified atom stereocenters. The van der Waals surface area contributed by atoms with E-state index in [2.05, 4.69) is 0 Å². The molecule has 0 saturated heterocycles. The Kier molecular flexibility index (Phi) is 6.18. The first-order valence-corrected chi connectivity index (χ1v) is 8.82. The fourth-order valence-electron chi connectivity index (χ4n) is 2.09. The van der Waals surface area contributed by atoms with Crippen molar-refractivity contribution >= 4 is 24.7 Å². The summed E-state index contributed by atoms with van der Waals surface area (Å²) >= 11 is 5.76. The van der Waals surface area contributed by atoms with E-state index in [4.69, 9.17) is 11.6 Å². The zero-order valence-corrected chi connectivity index (χ0v) is 13.2. The Morgan fingerprint density at radius 1 is 1.40 bits per heavy atom. The van der Waals surface area contributed by atoms with Crippen LogP contribution in [0.3, 0.4) is 0 Å². The molecule has 0 aliphatic rings. The van der Waals surface area contributed by atoms with Crippen LogP contribution in [-0.2, 0) is 4.57 Å². The number of benzene rings is 1. The number of rotatable bonds is 7. The van der Waals surface area contributed by atoms with E-state index < -0.39 is 18.0 Å². The predicted molar refractivity (Wildman–Crippen MR) is 78.5 cm³/mol. The van der Waals surface area contributed by atoms with E-state index in [1.165, 1.54) is 12.1 Å². The van der Waals surface area contributed by atoms with E-state index in [0.717, 1.165) is 12.8 Å². The second kappa shape index (κ2) is 7.21. The molecule has 20 heavy (non-hydrogen) atoms. The highest BCUT2D eigenvalue weighted by molar-refractivity contribution is 7.56. The third kappa shape index (κ3) is 4.05. The van der Waals surface area contributed by atoms with Gasteiger partial charge in [-0.3, -0.25) is 10.1 Å². The zero-order chi connectivity index (χ0) is 15.3. The molecule has 5 nitrogen and oxygen atoms in total. The summed E-state index contributed by atoms with van der Waals surface area (Å²) in [6.45, 7) is 3.57. The number of nitrogens with zero attached hydrogens (tertiary/aromatic N) is 1. The Bertz CT molecular complexity index is 535. The van der Waals surface area contributed by atoms with Gasteiger partial charge in [0, 0.05) is 19.1 Å². The van der Waals surface area contributed by atoms with Crippen molar-refractivity contribution in [1.29, 1.82) is 0 Å². The maximum Gasteiger partial charge on any atom is 0.288 e. The molecule has 112 valence electrons. The molecule has 1 rings (SSSR count). The average molecular weight is 319 g/mol. The second-order valence-corrected chi connectivity index (χ2v) is 7.78. The number of nitro groups is 1. The lowest BCUT2D eigenvalue weighted by atomic mass is 10.1. The van der Waals surface area contributed by atoms with Gasteiger partial charge in [-0.25, -0.2) is 0 Å². The van der Waals surface area contributed by atoms with E-state index in [-0.39, 0.29) is 16.9 Å². The van der Waals surface area contributed by atoms with E-state index in [0.29, 0.717) is 12.0 Å². The molecule has 0 bridgehead atoms. The van der Waals surface area contributed by atoms with Gasteiger partial charge in [-0.2, -0.15) is 0 Å². The molecule has 0 saturated carbocycles. The van der Waals surface area contributed by atoms with E-state index in [1.807, 2.05) is 6.92 Å².